The van der Waals surface area contributed by atoms with Gasteiger partial charge in [0.1, 0.15) is 17.0 Å². The predicted octanol–water partition coefficient (Wildman–Crippen LogP) is 2.51. The minimum absolute atomic E-state index is 0.0504. The van der Waals surface area contributed by atoms with E-state index in [0.29, 0.717) is 17.1 Å². The standard InChI is InChI=1S/C20H22N4O4/c1-13-5-7-23(8-6-13)16-10-14-12-21-24(17(25)11-15-4-3-9-28-15)20(26)18(14)19(22-16)27-2/h3-4,9-10,12-13H,5-8,11H2,1-2H3. The maximum absolute atomic E-state index is 12.9. The summed E-state index contributed by atoms with van der Waals surface area (Å²) in [6, 6.07) is 5.20. The summed E-state index contributed by atoms with van der Waals surface area (Å²) in [5, 5.41) is 4.93. The highest BCUT2D eigenvalue weighted by molar-refractivity contribution is 5.90. The molecule has 4 rings (SSSR count). The molecule has 0 N–H and O–H groups in total. The molecular formula is C20H22N4O4. The molecule has 146 valence electrons. The van der Waals surface area contributed by atoms with Gasteiger partial charge < -0.3 is 14.1 Å². The maximum atomic E-state index is 12.9. The van der Waals surface area contributed by atoms with E-state index >= 15 is 0 Å². The summed E-state index contributed by atoms with van der Waals surface area (Å²) in [5.74, 6) is 1.67. The summed E-state index contributed by atoms with van der Waals surface area (Å²) in [4.78, 5) is 32.1. The van der Waals surface area contributed by atoms with Crippen molar-refractivity contribution in [2.75, 3.05) is 25.1 Å². The van der Waals surface area contributed by atoms with Crippen molar-refractivity contribution in [2.45, 2.75) is 26.2 Å². The molecule has 0 amide bonds. The van der Waals surface area contributed by atoms with Gasteiger partial charge in [0.2, 0.25) is 5.88 Å². The fraction of sp³-hybridized carbons (Fsp3) is 0.400. The van der Waals surface area contributed by atoms with Crippen LogP contribution in [0.15, 0.2) is 39.9 Å². The molecule has 0 saturated carbocycles. The van der Waals surface area contributed by atoms with Crippen LogP contribution in [0.2, 0.25) is 0 Å². The van der Waals surface area contributed by atoms with Crippen molar-refractivity contribution in [3.63, 3.8) is 0 Å². The monoisotopic (exact) mass is 382 g/mol. The van der Waals surface area contributed by atoms with E-state index in [4.69, 9.17) is 9.15 Å². The van der Waals surface area contributed by atoms with E-state index < -0.39 is 11.5 Å². The number of aromatic nitrogens is 3. The van der Waals surface area contributed by atoms with Crippen LogP contribution in [0.25, 0.3) is 10.8 Å². The smallest absolute Gasteiger partial charge is 0.287 e. The van der Waals surface area contributed by atoms with Gasteiger partial charge >= 0.3 is 0 Å². The molecule has 8 nitrogen and oxygen atoms in total. The zero-order valence-corrected chi connectivity index (χ0v) is 15.9. The molecule has 3 aromatic rings. The van der Waals surface area contributed by atoms with E-state index in [2.05, 4.69) is 21.9 Å². The number of furan rings is 1. The Morgan fingerprint density at radius 1 is 1.36 bits per heavy atom. The second-order valence-corrected chi connectivity index (χ2v) is 7.13. The third-order valence-electron chi connectivity index (χ3n) is 5.16. The molecular weight excluding hydrogens is 360 g/mol. The number of hydrogen-bond donors (Lipinski definition) is 0. The molecule has 0 aliphatic carbocycles. The molecule has 0 atom stereocenters. The van der Waals surface area contributed by atoms with Crippen molar-refractivity contribution >= 4 is 22.5 Å². The molecule has 0 spiro atoms. The zero-order valence-electron chi connectivity index (χ0n) is 15.9. The number of methoxy groups -OCH3 is 1. The van der Waals surface area contributed by atoms with Crippen LogP contribution in [0.4, 0.5) is 5.82 Å². The fourth-order valence-corrected chi connectivity index (χ4v) is 3.48. The van der Waals surface area contributed by atoms with Crippen molar-refractivity contribution in [1.82, 2.24) is 14.8 Å². The Morgan fingerprint density at radius 3 is 2.82 bits per heavy atom. The summed E-state index contributed by atoms with van der Waals surface area (Å²) in [5.41, 5.74) is -0.544. The van der Waals surface area contributed by atoms with Crippen molar-refractivity contribution < 1.29 is 13.9 Å². The summed E-state index contributed by atoms with van der Waals surface area (Å²) in [7, 11) is 1.47. The minimum Gasteiger partial charge on any atom is -0.480 e. The number of carbonyl (C=O) groups excluding carboxylic acids is 1. The number of nitrogens with zero attached hydrogens (tertiary/aromatic N) is 4. The molecule has 1 aliphatic heterocycles. The first kappa shape index (κ1) is 18.2. The second kappa shape index (κ2) is 7.46. The van der Waals surface area contributed by atoms with Gasteiger partial charge in [-0.25, -0.2) is 0 Å². The molecule has 28 heavy (non-hydrogen) atoms. The van der Waals surface area contributed by atoms with Crippen LogP contribution in [0, 0.1) is 5.92 Å². The molecule has 8 heteroatoms. The van der Waals surface area contributed by atoms with Crippen LogP contribution in [0.3, 0.4) is 0 Å². The van der Waals surface area contributed by atoms with Gasteiger partial charge in [-0.15, -0.1) is 0 Å². The van der Waals surface area contributed by atoms with E-state index in [-0.39, 0.29) is 17.7 Å². The summed E-state index contributed by atoms with van der Waals surface area (Å²) in [6.07, 6.45) is 5.14. The number of pyridine rings is 1. The molecule has 0 aromatic carbocycles. The molecule has 0 radical (unpaired) electrons. The van der Waals surface area contributed by atoms with Crippen molar-refractivity contribution in [3.05, 3.63) is 46.8 Å². The predicted molar refractivity (Wildman–Crippen MR) is 104 cm³/mol. The number of rotatable bonds is 4. The summed E-state index contributed by atoms with van der Waals surface area (Å²) in [6.45, 7) is 4.07. The van der Waals surface area contributed by atoms with E-state index in [1.807, 2.05) is 6.07 Å². The average Bonchev–Trinajstić information content (AvgIpc) is 3.20. The SMILES string of the molecule is COc1nc(N2CCC(C)CC2)cc2cnn(C(=O)Cc3ccco3)c(=O)c12. The van der Waals surface area contributed by atoms with Crippen molar-refractivity contribution in [1.29, 1.82) is 0 Å². The first-order valence-corrected chi connectivity index (χ1v) is 9.34. The van der Waals surface area contributed by atoms with Crippen LogP contribution in [-0.4, -0.2) is 40.9 Å². The van der Waals surface area contributed by atoms with E-state index in [1.54, 1.807) is 12.1 Å². The molecule has 3 aromatic heterocycles. The lowest BCUT2D eigenvalue weighted by molar-refractivity contribution is 0.0886. The van der Waals surface area contributed by atoms with Gasteiger partial charge in [0.05, 0.1) is 26.0 Å². The lowest BCUT2D eigenvalue weighted by Gasteiger charge is -2.31. The van der Waals surface area contributed by atoms with Crippen LogP contribution in [0.1, 0.15) is 30.3 Å². The number of anilines is 1. The third kappa shape index (κ3) is 3.37. The van der Waals surface area contributed by atoms with E-state index in [9.17, 15) is 9.59 Å². The number of carbonyl (C=O) groups is 1. The highest BCUT2D eigenvalue weighted by Gasteiger charge is 2.21. The summed E-state index contributed by atoms with van der Waals surface area (Å²) >= 11 is 0. The molecule has 1 aliphatic rings. The average molecular weight is 382 g/mol. The van der Waals surface area contributed by atoms with E-state index in [1.165, 1.54) is 19.6 Å². The van der Waals surface area contributed by atoms with Gasteiger partial charge in [0.15, 0.2) is 0 Å². The van der Waals surface area contributed by atoms with Crippen molar-refractivity contribution in [3.8, 4) is 5.88 Å². The Labute approximate surface area is 161 Å². The van der Waals surface area contributed by atoms with Crippen LogP contribution >= 0.6 is 0 Å². The fourth-order valence-electron chi connectivity index (χ4n) is 3.48. The highest BCUT2D eigenvalue weighted by Crippen LogP contribution is 2.28. The number of fused-ring (bicyclic) bond motifs is 1. The van der Waals surface area contributed by atoms with Gasteiger partial charge in [-0.1, -0.05) is 6.92 Å². The quantitative estimate of drug-likeness (QED) is 0.685. The number of hydrogen-bond acceptors (Lipinski definition) is 7. The molecule has 0 bridgehead atoms. The maximum Gasteiger partial charge on any atom is 0.287 e. The Kier molecular flexibility index (Phi) is 4.85. The first-order valence-electron chi connectivity index (χ1n) is 9.34. The minimum atomic E-state index is -0.544. The normalized spacial score (nSPS) is 15.1. The highest BCUT2D eigenvalue weighted by atomic mass is 16.5. The topological polar surface area (TPSA) is 90.5 Å². The van der Waals surface area contributed by atoms with Gasteiger partial charge in [0, 0.05) is 18.5 Å². The Hall–Kier alpha value is -3.16. The zero-order chi connectivity index (χ0) is 19.7. The molecule has 1 saturated heterocycles. The number of ether oxygens (including phenoxy) is 1. The Bertz CT molecular complexity index is 1050. The lowest BCUT2D eigenvalue weighted by atomic mass is 9.99. The van der Waals surface area contributed by atoms with Crippen molar-refractivity contribution in [2.24, 2.45) is 5.92 Å². The second-order valence-electron chi connectivity index (χ2n) is 7.13. The summed E-state index contributed by atoms with van der Waals surface area (Å²) < 4.78 is 11.4. The largest absolute Gasteiger partial charge is 0.480 e. The first-order chi connectivity index (χ1) is 13.6. The van der Waals surface area contributed by atoms with Crippen LogP contribution in [-0.2, 0) is 6.42 Å². The Balaban J connectivity index is 1.72. The molecule has 4 heterocycles. The number of piperidine rings is 1. The third-order valence-corrected chi connectivity index (χ3v) is 5.16. The Morgan fingerprint density at radius 2 is 2.14 bits per heavy atom. The lowest BCUT2D eigenvalue weighted by Crippen LogP contribution is -2.34. The van der Waals surface area contributed by atoms with Gasteiger partial charge in [-0.2, -0.15) is 14.8 Å². The van der Waals surface area contributed by atoms with Gasteiger partial charge in [-0.3, -0.25) is 9.59 Å². The van der Waals surface area contributed by atoms with Crippen LogP contribution < -0.4 is 15.2 Å². The van der Waals surface area contributed by atoms with E-state index in [0.717, 1.165) is 36.4 Å². The van der Waals surface area contributed by atoms with Gasteiger partial charge in [-0.05, 0) is 37.0 Å². The van der Waals surface area contributed by atoms with Gasteiger partial charge in [0.25, 0.3) is 11.5 Å². The molecule has 0 unspecified atom stereocenters. The van der Waals surface area contributed by atoms with Crippen LogP contribution in [0.5, 0.6) is 5.88 Å². The molecule has 1 fully saturated rings.